The van der Waals surface area contributed by atoms with Crippen molar-refractivity contribution >= 4 is 51.2 Å². The van der Waals surface area contributed by atoms with Crippen LogP contribution in [0.5, 0.6) is 11.8 Å². The van der Waals surface area contributed by atoms with E-state index in [2.05, 4.69) is 34.9 Å². The van der Waals surface area contributed by atoms with E-state index < -0.39 is 5.97 Å². The lowest BCUT2D eigenvalue weighted by Crippen LogP contribution is -2.09. The Balaban J connectivity index is 1.39. The molecule has 1 aliphatic heterocycles. The summed E-state index contributed by atoms with van der Waals surface area (Å²) in [6.07, 6.45) is 0. The van der Waals surface area contributed by atoms with Crippen LogP contribution in [0.2, 0.25) is 10.0 Å². The number of imidazole rings is 2. The Morgan fingerprint density at radius 1 is 0.750 bits per heavy atom. The van der Waals surface area contributed by atoms with Crippen molar-refractivity contribution in [2.24, 2.45) is 0 Å². The van der Waals surface area contributed by atoms with Gasteiger partial charge in [0.15, 0.2) is 0 Å². The van der Waals surface area contributed by atoms with Crippen LogP contribution in [-0.4, -0.2) is 32.2 Å². The molecule has 0 saturated heterocycles. The summed E-state index contributed by atoms with van der Waals surface area (Å²) in [4.78, 5) is 22.4. The second kappa shape index (κ2) is 9.98. The summed E-state index contributed by atoms with van der Waals surface area (Å²) in [6, 6.07) is 31.5. The Morgan fingerprint density at radius 2 is 1.57 bits per heavy atom. The van der Waals surface area contributed by atoms with Gasteiger partial charge >= 0.3 is 12.0 Å². The smallest absolute Gasteiger partial charge is 0.338 e. The quantitative estimate of drug-likeness (QED) is 0.180. The van der Waals surface area contributed by atoms with Crippen molar-refractivity contribution in [3.8, 4) is 45.6 Å². The van der Waals surface area contributed by atoms with Crippen molar-refractivity contribution in [3.05, 3.63) is 118 Å². The number of carbonyl (C=O) groups excluding carboxylic acids is 1. The first-order valence-electron chi connectivity index (χ1n) is 13.9. The van der Waals surface area contributed by atoms with Gasteiger partial charge in [-0.1, -0.05) is 71.7 Å². The Hall–Kier alpha value is -5.11. The fourth-order valence-electron chi connectivity index (χ4n) is 5.87. The fourth-order valence-corrected chi connectivity index (χ4v) is 6.24. The number of methoxy groups -OCH3 is 1. The largest absolute Gasteiger partial charge is 0.465 e. The summed E-state index contributed by atoms with van der Waals surface area (Å²) in [7, 11) is 1.35. The predicted octanol–water partition coefficient (Wildman–Crippen LogP) is 9.21. The van der Waals surface area contributed by atoms with E-state index in [-0.39, 0.29) is 6.01 Å². The first-order chi connectivity index (χ1) is 21.4. The summed E-state index contributed by atoms with van der Waals surface area (Å²) < 4.78 is 15.3. The van der Waals surface area contributed by atoms with Gasteiger partial charge in [0, 0.05) is 21.2 Å². The van der Waals surface area contributed by atoms with E-state index in [1.807, 2.05) is 60.0 Å². The number of hydrogen-bond donors (Lipinski definition) is 0. The Kier molecular flexibility index (Phi) is 6.01. The lowest BCUT2D eigenvalue weighted by molar-refractivity contribution is 0.0599. The summed E-state index contributed by atoms with van der Waals surface area (Å²) >= 11 is 13.1. The molecule has 2 aromatic heterocycles. The number of aryl methyl sites for hydroxylation is 1. The molecule has 9 heteroatoms. The summed E-state index contributed by atoms with van der Waals surface area (Å²) in [5.41, 5.74) is 9.29. The van der Waals surface area contributed by atoms with Crippen LogP contribution >= 0.6 is 23.2 Å². The third-order valence-corrected chi connectivity index (χ3v) is 8.41. The van der Waals surface area contributed by atoms with Crippen LogP contribution in [0.4, 0.5) is 0 Å². The molecule has 0 fully saturated rings. The average Bonchev–Trinajstić information content (AvgIpc) is 3.53. The molecular weight excluding hydrogens is 595 g/mol. The number of rotatable bonds is 5. The SMILES string of the molecule is COC(=O)c1cc(Oc2nc3ccc(Cl)cc3n2-c2nc3c4cc(Cl)cc3n2-c2cc(-c3ccccc3)ccc2-4)ccc1C. The number of ether oxygens (including phenoxy) is 2. The van der Waals surface area contributed by atoms with Crippen LogP contribution in [0, 0.1) is 6.92 Å². The maximum Gasteiger partial charge on any atom is 0.338 e. The molecule has 7 nitrogen and oxygen atoms in total. The maximum atomic E-state index is 12.4. The van der Waals surface area contributed by atoms with Crippen molar-refractivity contribution in [3.63, 3.8) is 0 Å². The molecule has 0 spiro atoms. The second-order valence-electron chi connectivity index (χ2n) is 10.6. The van der Waals surface area contributed by atoms with Crippen molar-refractivity contribution in [2.45, 2.75) is 6.92 Å². The molecule has 5 aromatic carbocycles. The van der Waals surface area contributed by atoms with Gasteiger partial charge in [-0.05, 0) is 72.1 Å². The van der Waals surface area contributed by atoms with Crippen LogP contribution in [0.25, 0.3) is 56.0 Å². The van der Waals surface area contributed by atoms with Crippen LogP contribution in [0.3, 0.4) is 0 Å². The fraction of sp³-hybridized carbons (Fsp3) is 0.0571. The molecular formula is C35H22Cl2N4O3. The highest BCUT2D eigenvalue weighted by atomic mass is 35.5. The minimum atomic E-state index is -0.448. The molecule has 0 aliphatic carbocycles. The molecule has 1 aliphatic rings. The van der Waals surface area contributed by atoms with Gasteiger partial charge in [0.05, 0.1) is 40.4 Å². The first-order valence-corrected chi connectivity index (χ1v) is 14.6. The van der Waals surface area contributed by atoms with Crippen molar-refractivity contribution < 1.29 is 14.3 Å². The molecule has 44 heavy (non-hydrogen) atoms. The number of benzene rings is 5. The van der Waals surface area contributed by atoms with E-state index in [4.69, 9.17) is 42.6 Å². The van der Waals surface area contributed by atoms with E-state index >= 15 is 0 Å². The van der Waals surface area contributed by atoms with Crippen molar-refractivity contribution in [2.75, 3.05) is 7.11 Å². The molecule has 0 saturated carbocycles. The minimum absolute atomic E-state index is 0.258. The van der Waals surface area contributed by atoms with Crippen LogP contribution < -0.4 is 4.74 Å². The van der Waals surface area contributed by atoms with Gasteiger partial charge in [-0.3, -0.25) is 4.57 Å². The monoisotopic (exact) mass is 616 g/mol. The van der Waals surface area contributed by atoms with Crippen LogP contribution in [0.1, 0.15) is 15.9 Å². The number of halogens is 2. The van der Waals surface area contributed by atoms with E-state index in [9.17, 15) is 4.79 Å². The van der Waals surface area contributed by atoms with Crippen LogP contribution in [0.15, 0.2) is 97.1 Å². The predicted molar refractivity (Wildman–Crippen MR) is 173 cm³/mol. The number of esters is 1. The molecule has 0 radical (unpaired) electrons. The van der Waals surface area contributed by atoms with E-state index in [1.165, 1.54) is 7.11 Å². The zero-order chi connectivity index (χ0) is 30.1. The first kappa shape index (κ1) is 26.5. The third-order valence-electron chi connectivity index (χ3n) is 7.95. The number of hydrogen-bond acceptors (Lipinski definition) is 5. The molecule has 0 N–H and O–H groups in total. The van der Waals surface area contributed by atoms with Crippen molar-refractivity contribution in [1.82, 2.24) is 19.1 Å². The van der Waals surface area contributed by atoms with Gasteiger partial charge in [-0.25, -0.2) is 14.3 Å². The summed E-state index contributed by atoms with van der Waals surface area (Å²) in [5, 5.41) is 1.16. The van der Waals surface area contributed by atoms with Crippen molar-refractivity contribution in [1.29, 1.82) is 0 Å². The number of nitrogens with zero attached hydrogens (tertiary/aromatic N) is 4. The Bertz CT molecular complexity index is 2310. The topological polar surface area (TPSA) is 71.2 Å². The van der Waals surface area contributed by atoms with Gasteiger partial charge in [0.1, 0.15) is 5.75 Å². The van der Waals surface area contributed by atoms with Gasteiger partial charge in [-0.2, -0.15) is 4.98 Å². The molecule has 7 aromatic rings. The molecule has 8 rings (SSSR count). The number of aromatic nitrogens is 4. The van der Waals surface area contributed by atoms with Gasteiger partial charge in [-0.15, -0.1) is 0 Å². The van der Waals surface area contributed by atoms with Crippen LogP contribution in [-0.2, 0) is 4.74 Å². The van der Waals surface area contributed by atoms with Gasteiger partial charge in [0.2, 0.25) is 5.95 Å². The minimum Gasteiger partial charge on any atom is -0.465 e. The molecule has 4 bridgehead atoms. The van der Waals surface area contributed by atoms with E-state index in [1.54, 1.807) is 18.2 Å². The molecule has 0 unspecified atom stereocenters. The zero-order valence-corrected chi connectivity index (χ0v) is 25.0. The number of carbonyl (C=O) groups is 1. The average molecular weight is 617 g/mol. The van der Waals surface area contributed by atoms with E-state index in [0.29, 0.717) is 38.3 Å². The number of fused-ring (bicyclic) bond motifs is 4. The Morgan fingerprint density at radius 3 is 2.39 bits per heavy atom. The standard InChI is InChI=1S/C35H22Cl2N4O3/c1-19-8-11-24(18-26(19)33(42)43-2)44-35-38-28-13-10-22(36)16-30(28)41(35)34-39-32-27-15-23(37)17-31(32)40(34)29-14-21(9-12-25(27)29)20-6-4-3-5-7-20/h3-18H,1-2H3. The highest BCUT2D eigenvalue weighted by Gasteiger charge is 2.29. The zero-order valence-electron chi connectivity index (χ0n) is 23.5. The lowest BCUT2D eigenvalue weighted by atomic mass is 9.95. The van der Waals surface area contributed by atoms with Gasteiger partial charge in [0.25, 0.3) is 0 Å². The highest BCUT2D eigenvalue weighted by molar-refractivity contribution is 6.32. The Labute approximate surface area is 261 Å². The van der Waals surface area contributed by atoms with Gasteiger partial charge < -0.3 is 9.47 Å². The number of pyridine rings is 1. The lowest BCUT2D eigenvalue weighted by Gasteiger charge is -2.20. The molecule has 0 atom stereocenters. The second-order valence-corrected chi connectivity index (χ2v) is 11.5. The molecule has 3 heterocycles. The summed E-state index contributed by atoms with van der Waals surface area (Å²) in [5.74, 6) is 0.537. The maximum absolute atomic E-state index is 12.4. The summed E-state index contributed by atoms with van der Waals surface area (Å²) in [6.45, 7) is 1.84. The third kappa shape index (κ3) is 4.08. The molecule has 214 valence electrons. The normalized spacial score (nSPS) is 11.7. The van der Waals surface area contributed by atoms with E-state index in [0.717, 1.165) is 44.5 Å². The molecule has 0 amide bonds. The highest BCUT2D eigenvalue weighted by Crippen LogP contribution is 2.45.